The topological polar surface area (TPSA) is 30.7 Å². The van der Waals surface area contributed by atoms with Gasteiger partial charge in [0, 0.05) is 12.0 Å². The van der Waals surface area contributed by atoms with Crippen LogP contribution in [0.3, 0.4) is 0 Å². The van der Waals surface area contributed by atoms with Gasteiger partial charge in [-0.1, -0.05) is 29.8 Å². The maximum atomic E-state index is 4.28. The van der Waals surface area contributed by atoms with E-state index in [2.05, 4.69) is 65.3 Å². The molecule has 0 amide bonds. The molecule has 15 heavy (non-hydrogen) atoms. The Bertz CT molecular complexity index is 323. The van der Waals surface area contributed by atoms with Crippen LogP contribution in [-0.2, 0) is 17.3 Å². The molecule has 0 aliphatic carbocycles. The Labute approximate surface area is 100 Å². The van der Waals surface area contributed by atoms with Gasteiger partial charge < -0.3 is 4.57 Å². The van der Waals surface area contributed by atoms with Crippen molar-refractivity contribution in [2.24, 2.45) is 5.92 Å². The highest BCUT2D eigenvalue weighted by Crippen LogP contribution is 2.21. The van der Waals surface area contributed by atoms with E-state index < -0.39 is 0 Å². The molecule has 0 N–H and O–H groups in total. The summed E-state index contributed by atoms with van der Waals surface area (Å²) in [5.74, 6) is 2.71. The molecule has 3 nitrogen and oxygen atoms in total. The van der Waals surface area contributed by atoms with Crippen molar-refractivity contribution in [2.75, 3.05) is 0 Å². The van der Waals surface area contributed by atoms with Crippen LogP contribution in [0, 0.1) is 5.92 Å². The van der Waals surface area contributed by atoms with Crippen molar-refractivity contribution >= 4 is 15.9 Å². The molecule has 1 aromatic rings. The smallest absolute Gasteiger partial charge is 0.144 e. The third kappa shape index (κ3) is 3.03. The summed E-state index contributed by atoms with van der Waals surface area (Å²) >= 11 is 3.46. The monoisotopic (exact) mass is 273 g/mol. The lowest BCUT2D eigenvalue weighted by atomic mass is 10.1. The van der Waals surface area contributed by atoms with Crippen LogP contribution in [0.5, 0.6) is 0 Å². The highest BCUT2D eigenvalue weighted by Gasteiger charge is 2.22. The van der Waals surface area contributed by atoms with Gasteiger partial charge in [-0.25, -0.2) is 0 Å². The number of hydrogen-bond donors (Lipinski definition) is 0. The molecule has 0 spiro atoms. The molecule has 0 saturated carbocycles. The quantitative estimate of drug-likeness (QED) is 0.793. The molecule has 0 bridgehead atoms. The van der Waals surface area contributed by atoms with E-state index in [9.17, 15) is 0 Å². The van der Waals surface area contributed by atoms with Crippen molar-refractivity contribution < 1.29 is 0 Å². The highest BCUT2D eigenvalue weighted by molar-refractivity contribution is 9.08. The number of alkyl halides is 1. The molecule has 1 heterocycles. The molecule has 4 heteroatoms. The van der Waals surface area contributed by atoms with Crippen LogP contribution < -0.4 is 0 Å². The Morgan fingerprint density at radius 3 is 2.13 bits per heavy atom. The molecule has 0 aliphatic rings. The van der Waals surface area contributed by atoms with Gasteiger partial charge in [0.25, 0.3) is 0 Å². The Morgan fingerprint density at radius 2 is 1.73 bits per heavy atom. The minimum absolute atomic E-state index is 0.0524. The van der Waals surface area contributed by atoms with E-state index in [0.29, 0.717) is 5.92 Å². The minimum Gasteiger partial charge on any atom is -0.309 e. The van der Waals surface area contributed by atoms with Crippen molar-refractivity contribution in [1.82, 2.24) is 14.8 Å². The van der Waals surface area contributed by atoms with E-state index in [0.717, 1.165) is 23.4 Å². The van der Waals surface area contributed by atoms with Crippen molar-refractivity contribution in [3.8, 4) is 0 Å². The van der Waals surface area contributed by atoms with E-state index in [1.807, 2.05) is 0 Å². The normalized spacial score (nSPS) is 12.5. The number of nitrogens with zero attached hydrogens (tertiary/aromatic N) is 3. The van der Waals surface area contributed by atoms with Crippen LogP contribution >= 0.6 is 15.9 Å². The van der Waals surface area contributed by atoms with Gasteiger partial charge in [-0.3, -0.25) is 0 Å². The predicted octanol–water partition coefficient (Wildman–Crippen LogP) is 3.13. The van der Waals surface area contributed by atoms with Crippen molar-refractivity contribution in [1.29, 1.82) is 0 Å². The number of aromatic nitrogens is 3. The minimum atomic E-state index is 0.0524. The number of rotatable bonds is 3. The molecule has 86 valence electrons. The van der Waals surface area contributed by atoms with E-state index >= 15 is 0 Å². The van der Waals surface area contributed by atoms with E-state index in [1.54, 1.807) is 0 Å². The van der Waals surface area contributed by atoms with Crippen LogP contribution in [-0.4, -0.2) is 14.8 Å². The maximum Gasteiger partial charge on any atom is 0.144 e. The average Bonchev–Trinajstić information content (AvgIpc) is 2.45. The fourth-order valence-corrected chi connectivity index (χ4v) is 2.07. The highest BCUT2D eigenvalue weighted by atomic mass is 79.9. The van der Waals surface area contributed by atoms with Crippen LogP contribution in [0.1, 0.15) is 46.3 Å². The molecule has 0 aromatic carbocycles. The number of halogens is 1. The summed E-state index contributed by atoms with van der Waals surface area (Å²) in [4.78, 5) is 0. The molecular formula is C11H20BrN3. The Balaban J connectivity index is 3.12. The fourth-order valence-electron chi connectivity index (χ4n) is 1.71. The zero-order chi connectivity index (χ0) is 11.6. The molecule has 1 aromatic heterocycles. The summed E-state index contributed by atoms with van der Waals surface area (Å²) in [6.45, 7) is 11.0. The second-order valence-corrected chi connectivity index (χ2v) is 5.83. The average molecular weight is 274 g/mol. The summed E-state index contributed by atoms with van der Waals surface area (Å²) in [7, 11) is 0. The molecule has 0 aliphatic heterocycles. The van der Waals surface area contributed by atoms with Gasteiger partial charge in [0.1, 0.15) is 11.6 Å². The van der Waals surface area contributed by atoms with E-state index in [1.165, 1.54) is 0 Å². The SMILES string of the molecule is CC(C)Cc1nnc(CBr)n1C(C)(C)C. The van der Waals surface area contributed by atoms with E-state index in [-0.39, 0.29) is 5.54 Å². The standard InChI is InChI=1S/C11H20BrN3/c1-8(2)6-9-13-14-10(7-12)15(9)11(3,4)5/h8H,6-7H2,1-5H3. The van der Waals surface area contributed by atoms with Gasteiger partial charge in [-0.05, 0) is 26.7 Å². The maximum absolute atomic E-state index is 4.28. The zero-order valence-electron chi connectivity index (χ0n) is 10.2. The van der Waals surface area contributed by atoms with Crippen LogP contribution in [0.25, 0.3) is 0 Å². The van der Waals surface area contributed by atoms with Crippen molar-refractivity contribution in [3.63, 3.8) is 0 Å². The largest absolute Gasteiger partial charge is 0.309 e. The first-order valence-corrected chi connectivity index (χ1v) is 6.48. The number of hydrogen-bond acceptors (Lipinski definition) is 2. The lowest BCUT2D eigenvalue weighted by Gasteiger charge is -2.25. The molecule has 1 rings (SSSR count). The second kappa shape index (κ2) is 4.64. The summed E-state index contributed by atoms with van der Waals surface area (Å²) in [6.07, 6.45) is 0.983. The summed E-state index contributed by atoms with van der Waals surface area (Å²) in [5, 5.41) is 9.26. The lowest BCUT2D eigenvalue weighted by molar-refractivity contribution is 0.367. The molecule has 0 saturated heterocycles. The van der Waals surface area contributed by atoms with Crippen LogP contribution in [0.2, 0.25) is 0 Å². The lowest BCUT2D eigenvalue weighted by Crippen LogP contribution is -2.26. The van der Waals surface area contributed by atoms with Gasteiger partial charge in [-0.2, -0.15) is 0 Å². The first kappa shape index (κ1) is 12.7. The molecule has 0 fully saturated rings. The molecule has 0 unspecified atom stereocenters. The van der Waals surface area contributed by atoms with E-state index in [4.69, 9.17) is 0 Å². The Hall–Kier alpha value is -0.380. The summed E-state index contributed by atoms with van der Waals surface area (Å²) in [5.41, 5.74) is 0.0524. The predicted molar refractivity (Wildman–Crippen MR) is 66.2 cm³/mol. The first-order chi connectivity index (χ1) is 6.86. The van der Waals surface area contributed by atoms with Gasteiger partial charge in [0.15, 0.2) is 0 Å². The molecule has 0 atom stereocenters. The van der Waals surface area contributed by atoms with Crippen molar-refractivity contribution in [3.05, 3.63) is 11.6 Å². The Kier molecular flexibility index (Phi) is 3.93. The van der Waals surface area contributed by atoms with Gasteiger partial charge in [0.05, 0.1) is 5.33 Å². The first-order valence-electron chi connectivity index (χ1n) is 5.36. The van der Waals surface area contributed by atoms with Gasteiger partial charge >= 0.3 is 0 Å². The zero-order valence-corrected chi connectivity index (χ0v) is 11.8. The van der Waals surface area contributed by atoms with Gasteiger partial charge in [0.2, 0.25) is 0 Å². The van der Waals surface area contributed by atoms with Crippen molar-refractivity contribution in [2.45, 2.75) is 51.9 Å². The van der Waals surface area contributed by atoms with Crippen LogP contribution in [0.4, 0.5) is 0 Å². The fraction of sp³-hybridized carbons (Fsp3) is 0.818. The summed E-state index contributed by atoms with van der Waals surface area (Å²) in [6, 6.07) is 0. The second-order valence-electron chi connectivity index (χ2n) is 5.27. The van der Waals surface area contributed by atoms with Gasteiger partial charge in [-0.15, -0.1) is 10.2 Å². The summed E-state index contributed by atoms with van der Waals surface area (Å²) < 4.78 is 2.24. The molecule has 0 radical (unpaired) electrons. The molecular weight excluding hydrogens is 254 g/mol. The van der Waals surface area contributed by atoms with Crippen LogP contribution in [0.15, 0.2) is 0 Å². The third-order valence-electron chi connectivity index (χ3n) is 2.18. The Morgan fingerprint density at radius 1 is 1.20 bits per heavy atom. The third-order valence-corrected chi connectivity index (χ3v) is 2.68.